The van der Waals surface area contributed by atoms with Crippen molar-refractivity contribution in [1.29, 1.82) is 0 Å². The van der Waals surface area contributed by atoms with Crippen LogP contribution in [0.5, 0.6) is 0 Å². The predicted octanol–water partition coefficient (Wildman–Crippen LogP) is 1.42. The van der Waals surface area contributed by atoms with E-state index in [1.165, 1.54) is 6.08 Å². The molecule has 1 aromatic carbocycles. The summed E-state index contributed by atoms with van der Waals surface area (Å²) in [4.78, 5) is 23.4. The van der Waals surface area contributed by atoms with E-state index < -0.39 is 0 Å². The van der Waals surface area contributed by atoms with Gasteiger partial charge in [0.1, 0.15) is 12.4 Å². The maximum atomic E-state index is 10.9. The van der Waals surface area contributed by atoms with Crippen LogP contribution in [0.4, 0.5) is 5.69 Å². The standard InChI is InChI=1S/C13H13NO3/c1-14(8-12-6-7-13(16)17-12)11-4-2-10(9-15)3-5-11/h2-7,9,12H,8H2,1H3. The van der Waals surface area contributed by atoms with Crippen LogP contribution in [0.1, 0.15) is 10.4 Å². The summed E-state index contributed by atoms with van der Waals surface area (Å²) in [5.41, 5.74) is 1.63. The van der Waals surface area contributed by atoms with Crippen LogP contribution in [-0.4, -0.2) is 32.0 Å². The number of esters is 1. The van der Waals surface area contributed by atoms with Gasteiger partial charge in [-0.05, 0) is 30.3 Å². The second kappa shape index (κ2) is 4.82. The van der Waals surface area contributed by atoms with Gasteiger partial charge in [-0.3, -0.25) is 4.79 Å². The molecule has 0 N–H and O–H groups in total. The third-order valence-corrected chi connectivity index (χ3v) is 2.64. The van der Waals surface area contributed by atoms with Gasteiger partial charge in [-0.15, -0.1) is 0 Å². The molecule has 0 radical (unpaired) electrons. The summed E-state index contributed by atoms with van der Waals surface area (Å²) in [5, 5.41) is 0. The summed E-state index contributed by atoms with van der Waals surface area (Å²) in [6.07, 6.45) is 3.80. The lowest BCUT2D eigenvalue weighted by Crippen LogP contribution is -2.28. The number of hydrogen-bond donors (Lipinski definition) is 0. The number of cyclic esters (lactones) is 1. The zero-order valence-corrected chi connectivity index (χ0v) is 9.50. The van der Waals surface area contributed by atoms with E-state index >= 15 is 0 Å². The van der Waals surface area contributed by atoms with Gasteiger partial charge in [0.15, 0.2) is 0 Å². The van der Waals surface area contributed by atoms with Crippen molar-refractivity contribution in [2.45, 2.75) is 6.10 Å². The fraction of sp³-hybridized carbons (Fsp3) is 0.231. The first-order valence-electron chi connectivity index (χ1n) is 5.34. The average Bonchev–Trinajstić information content (AvgIpc) is 2.75. The quantitative estimate of drug-likeness (QED) is 0.580. The molecule has 17 heavy (non-hydrogen) atoms. The molecule has 0 amide bonds. The molecule has 0 saturated heterocycles. The van der Waals surface area contributed by atoms with E-state index in [0.717, 1.165) is 12.0 Å². The maximum Gasteiger partial charge on any atom is 0.331 e. The molecule has 4 heteroatoms. The lowest BCUT2D eigenvalue weighted by atomic mass is 10.2. The number of aldehydes is 1. The highest BCUT2D eigenvalue weighted by Gasteiger charge is 2.18. The highest BCUT2D eigenvalue weighted by molar-refractivity contribution is 5.84. The molecule has 0 saturated carbocycles. The smallest absolute Gasteiger partial charge is 0.331 e. The molecule has 0 aliphatic carbocycles. The van der Waals surface area contributed by atoms with Gasteiger partial charge in [-0.2, -0.15) is 0 Å². The fourth-order valence-corrected chi connectivity index (χ4v) is 1.69. The number of ether oxygens (including phenoxy) is 1. The summed E-state index contributed by atoms with van der Waals surface area (Å²) >= 11 is 0. The summed E-state index contributed by atoms with van der Waals surface area (Å²) < 4.78 is 5.05. The van der Waals surface area contributed by atoms with Crippen LogP contribution in [-0.2, 0) is 9.53 Å². The van der Waals surface area contributed by atoms with Crippen molar-refractivity contribution in [1.82, 2.24) is 0 Å². The normalized spacial score (nSPS) is 17.9. The van der Waals surface area contributed by atoms with Crippen LogP contribution in [0.2, 0.25) is 0 Å². The Kier molecular flexibility index (Phi) is 3.23. The maximum absolute atomic E-state index is 10.9. The van der Waals surface area contributed by atoms with Gasteiger partial charge < -0.3 is 9.64 Å². The number of carbonyl (C=O) groups is 2. The van der Waals surface area contributed by atoms with Gasteiger partial charge in [0.25, 0.3) is 0 Å². The second-order valence-electron chi connectivity index (χ2n) is 3.92. The number of hydrogen-bond acceptors (Lipinski definition) is 4. The molecule has 1 unspecified atom stereocenters. The van der Waals surface area contributed by atoms with Crippen molar-refractivity contribution >= 4 is 17.9 Å². The third-order valence-electron chi connectivity index (χ3n) is 2.64. The molecule has 0 fully saturated rings. The van der Waals surface area contributed by atoms with Crippen LogP contribution in [0.3, 0.4) is 0 Å². The SMILES string of the molecule is CN(CC1C=CC(=O)O1)c1ccc(C=O)cc1. The van der Waals surface area contributed by atoms with Crippen molar-refractivity contribution in [2.75, 3.05) is 18.5 Å². The summed E-state index contributed by atoms with van der Waals surface area (Å²) in [6, 6.07) is 7.25. The Hall–Kier alpha value is -2.10. The Morgan fingerprint density at radius 2 is 2.06 bits per heavy atom. The summed E-state index contributed by atoms with van der Waals surface area (Å²) in [7, 11) is 1.91. The largest absolute Gasteiger partial charge is 0.453 e. The van der Waals surface area contributed by atoms with E-state index in [1.54, 1.807) is 18.2 Å². The predicted molar refractivity (Wildman–Crippen MR) is 64.1 cm³/mol. The highest BCUT2D eigenvalue weighted by atomic mass is 16.5. The molecule has 88 valence electrons. The molecule has 1 aliphatic rings. The van der Waals surface area contributed by atoms with Crippen molar-refractivity contribution in [3.8, 4) is 0 Å². The van der Waals surface area contributed by atoms with Crippen LogP contribution < -0.4 is 4.90 Å². The number of benzene rings is 1. The average molecular weight is 231 g/mol. The molecule has 4 nitrogen and oxygen atoms in total. The van der Waals surface area contributed by atoms with Crippen LogP contribution in [0.15, 0.2) is 36.4 Å². The molecule has 2 rings (SSSR count). The molecular formula is C13H13NO3. The van der Waals surface area contributed by atoms with Gasteiger partial charge in [-0.1, -0.05) is 0 Å². The number of nitrogens with zero attached hydrogens (tertiary/aromatic N) is 1. The molecule has 0 spiro atoms. The molecule has 1 aromatic rings. The monoisotopic (exact) mass is 231 g/mol. The lowest BCUT2D eigenvalue weighted by molar-refractivity contribution is -0.138. The highest BCUT2D eigenvalue weighted by Crippen LogP contribution is 2.15. The summed E-state index contributed by atoms with van der Waals surface area (Å²) in [5.74, 6) is -0.292. The van der Waals surface area contributed by atoms with Crippen molar-refractivity contribution in [3.05, 3.63) is 42.0 Å². The summed E-state index contributed by atoms with van der Waals surface area (Å²) in [6.45, 7) is 0.600. The van der Waals surface area contributed by atoms with Gasteiger partial charge in [0.2, 0.25) is 0 Å². The number of carbonyl (C=O) groups excluding carboxylic acids is 2. The minimum Gasteiger partial charge on any atom is -0.453 e. The van der Waals surface area contributed by atoms with E-state index in [1.807, 2.05) is 24.1 Å². The third kappa shape index (κ3) is 2.72. The Labute approximate surface area is 99.5 Å². The topological polar surface area (TPSA) is 46.6 Å². The van der Waals surface area contributed by atoms with Crippen LogP contribution >= 0.6 is 0 Å². The van der Waals surface area contributed by atoms with Gasteiger partial charge >= 0.3 is 5.97 Å². The second-order valence-corrected chi connectivity index (χ2v) is 3.92. The van der Waals surface area contributed by atoms with Gasteiger partial charge in [0, 0.05) is 24.4 Å². The Morgan fingerprint density at radius 1 is 1.35 bits per heavy atom. The number of likely N-dealkylation sites (N-methyl/N-ethyl adjacent to an activating group) is 1. The van der Waals surface area contributed by atoms with E-state index in [0.29, 0.717) is 12.1 Å². The molecule has 1 heterocycles. The minimum atomic E-state index is -0.292. The molecule has 1 atom stereocenters. The van der Waals surface area contributed by atoms with E-state index in [-0.39, 0.29) is 12.1 Å². The van der Waals surface area contributed by atoms with Crippen molar-refractivity contribution < 1.29 is 14.3 Å². The van der Waals surface area contributed by atoms with E-state index in [2.05, 4.69) is 0 Å². The minimum absolute atomic E-state index is 0.196. The molecule has 0 bridgehead atoms. The zero-order chi connectivity index (χ0) is 12.3. The lowest BCUT2D eigenvalue weighted by Gasteiger charge is -2.21. The Morgan fingerprint density at radius 3 is 2.59 bits per heavy atom. The van der Waals surface area contributed by atoms with Gasteiger partial charge in [-0.25, -0.2) is 4.79 Å². The molecule has 0 aromatic heterocycles. The van der Waals surface area contributed by atoms with Gasteiger partial charge in [0.05, 0.1) is 6.54 Å². The number of anilines is 1. The van der Waals surface area contributed by atoms with E-state index in [9.17, 15) is 9.59 Å². The van der Waals surface area contributed by atoms with E-state index in [4.69, 9.17) is 4.74 Å². The first-order chi connectivity index (χ1) is 8.19. The molecule has 1 aliphatic heterocycles. The Bertz CT molecular complexity index is 450. The first kappa shape index (κ1) is 11.4. The fourth-order valence-electron chi connectivity index (χ4n) is 1.69. The zero-order valence-electron chi connectivity index (χ0n) is 9.50. The first-order valence-corrected chi connectivity index (χ1v) is 5.34. The van der Waals surface area contributed by atoms with Crippen LogP contribution in [0.25, 0.3) is 0 Å². The van der Waals surface area contributed by atoms with Crippen molar-refractivity contribution in [2.24, 2.45) is 0 Å². The van der Waals surface area contributed by atoms with Crippen molar-refractivity contribution in [3.63, 3.8) is 0 Å². The Balaban J connectivity index is 1.99. The van der Waals surface area contributed by atoms with Crippen LogP contribution in [0, 0.1) is 0 Å². The number of rotatable bonds is 4. The molecular weight excluding hydrogens is 218 g/mol.